The third kappa shape index (κ3) is 2.77. The lowest BCUT2D eigenvalue weighted by Gasteiger charge is -2.28. The fourth-order valence-electron chi connectivity index (χ4n) is 3.79. The van der Waals surface area contributed by atoms with Gasteiger partial charge in [-0.05, 0) is 38.0 Å². The zero-order valence-corrected chi connectivity index (χ0v) is 12.0. The Morgan fingerprint density at radius 3 is 2.42 bits per heavy atom. The molecular weight excluding hydrogens is 242 g/mol. The molecule has 4 unspecified atom stereocenters. The number of carbonyl (C=O) groups excluding carboxylic acids is 1. The largest absolute Gasteiger partial charge is 0.481 e. The van der Waals surface area contributed by atoms with Crippen LogP contribution in [0.1, 0.15) is 52.4 Å². The maximum atomic E-state index is 12.7. The van der Waals surface area contributed by atoms with Crippen LogP contribution in [0, 0.1) is 17.8 Å². The van der Waals surface area contributed by atoms with Gasteiger partial charge in [-0.3, -0.25) is 9.59 Å². The molecule has 1 aliphatic carbocycles. The molecule has 1 saturated carbocycles. The van der Waals surface area contributed by atoms with Gasteiger partial charge in [0.2, 0.25) is 5.91 Å². The van der Waals surface area contributed by atoms with Gasteiger partial charge in [-0.15, -0.1) is 0 Å². The number of carbonyl (C=O) groups is 2. The Balaban J connectivity index is 2.10. The number of aliphatic carboxylic acids is 1. The molecule has 1 amide bonds. The minimum atomic E-state index is -0.790. The molecule has 0 aromatic rings. The van der Waals surface area contributed by atoms with Gasteiger partial charge < -0.3 is 10.0 Å². The number of amides is 1. The molecule has 0 bridgehead atoms. The molecule has 108 valence electrons. The summed E-state index contributed by atoms with van der Waals surface area (Å²) in [5.74, 6) is -1.03. The van der Waals surface area contributed by atoms with Crippen LogP contribution in [0.5, 0.6) is 0 Å². The van der Waals surface area contributed by atoms with Crippen molar-refractivity contribution in [2.24, 2.45) is 17.8 Å². The van der Waals surface area contributed by atoms with E-state index in [2.05, 4.69) is 13.8 Å². The van der Waals surface area contributed by atoms with Crippen LogP contribution < -0.4 is 0 Å². The first-order valence-corrected chi connectivity index (χ1v) is 7.61. The predicted octanol–water partition coefficient (Wildman–Crippen LogP) is 2.52. The smallest absolute Gasteiger partial charge is 0.307 e. The second-order valence-electron chi connectivity index (χ2n) is 6.03. The zero-order valence-electron chi connectivity index (χ0n) is 12.0. The molecule has 0 radical (unpaired) electrons. The van der Waals surface area contributed by atoms with E-state index in [1.54, 1.807) is 0 Å². The normalized spacial score (nSPS) is 34.7. The van der Waals surface area contributed by atoms with Crippen LogP contribution >= 0.6 is 0 Å². The van der Waals surface area contributed by atoms with Crippen molar-refractivity contribution in [1.29, 1.82) is 0 Å². The highest BCUT2D eigenvalue weighted by Gasteiger charge is 2.45. The van der Waals surface area contributed by atoms with Gasteiger partial charge in [0.15, 0.2) is 0 Å². The van der Waals surface area contributed by atoms with E-state index in [9.17, 15) is 14.7 Å². The number of hydrogen-bond donors (Lipinski definition) is 1. The molecule has 1 aliphatic heterocycles. The summed E-state index contributed by atoms with van der Waals surface area (Å²) in [6.45, 7) is 5.01. The Bertz CT molecular complexity index is 355. The second-order valence-corrected chi connectivity index (χ2v) is 6.03. The predicted molar refractivity (Wildman–Crippen MR) is 72.7 cm³/mol. The lowest BCUT2D eigenvalue weighted by Crippen LogP contribution is -2.41. The summed E-state index contributed by atoms with van der Waals surface area (Å²) >= 11 is 0. The zero-order chi connectivity index (χ0) is 14.0. The average molecular weight is 267 g/mol. The van der Waals surface area contributed by atoms with Gasteiger partial charge in [-0.1, -0.05) is 20.3 Å². The topological polar surface area (TPSA) is 57.6 Å². The van der Waals surface area contributed by atoms with Crippen molar-refractivity contribution in [2.45, 2.75) is 58.4 Å². The third-order valence-corrected chi connectivity index (χ3v) is 5.00. The molecule has 0 aromatic carbocycles. The maximum Gasteiger partial charge on any atom is 0.307 e. The first-order chi connectivity index (χ1) is 9.08. The van der Waals surface area contributed by atoms with E-state index < -0.39 is 11.9 Å². The number of carboxylic acids is 1. The summed E-state index contributed by atoms with van der Waals surface area (Å²) < 4.78 is 0. The first kappa shape index (κ1) is 14.4. The van der Waals surface area contributed by atoms with Crippen molar-refractivity contribution in [3.8, 4) is 0 Å². The monoisotopic (exact) mass is 267 g/mol. The number of carboxylic acid groups (broad SMARTS) is 1. The minimum absolute atomic E-state index is 0.104. The van der Waals surface area contributed by atoms with Gasteiger partial charge in [0.1, 0.15) is 0 Å². The molecule has 4 nitrogen and oxygen atoms in total. The molecule has 19 heavy (non-hydrogen) atoms. The molecule has 1 heterocycles. The van der Waals surface area contributed by atoms with E-state index in [4.69, 9.17) is 0 Å². The molecule has 1 N–H and O–H groups in total. The van der Waals surface area contributed by atoms with Crippen LogP contribution in [-0.4, -0.2) is 34.5 Å². The molecular formula is C15H25NO3. The summed E-state index contributed by atoms with van der Waals surface area (Å²) in [5, 5.41) is 9.34. The number of rotatable bonds is 4. The van der Waals surface area contributed by atoms with Crippen LogP contribution in [0.15, 0.2) is 0 Å². The number of likely N-dealkylation sites (tertiary alicyclic amines) is 1. The van der Waals surface area contributed by atoms with Crippen molar-refractivity contribution >= 4 is 11.9 Å². The van der Waals surface area contributed by atoms with Crippen LogP contribution in [0.2, 0.25) is 0 Å². The van der Waals surface area contributed by atoms with Gasteiger partial charge >= 0.3 is 5.97 Å². The number of hydrogen-bond acceptors (Lipinski definition) is 2. The Morgan fingerprint density at radius 2 is 1.84 bits per heavy atom. The summed E-state index contributed by atoms with van der Waals surface area (Å²) in [7, 11) is 0. The quantitative estimate of drug-likeness (QED) is 0.851. The van der Waals surface area contributed by atoms with Crippen molar-refractivity contribution < 1.29 is 14.7 Å². The molecule has 0 spiro atoms. The molecule has 4 atom stereocenters. The van der Waals surface area contributed by atoms with Gasteiger partial charge in [0.05, 0.1) is 11.8 Å². The van der Waals surface area contributed by atoms with Gasteiger partial charge in [0.25, 0.3) is 0 Å². The maximum absolute atomic E-state index is 12.7. The van der Waals surface area contributed by atoms with Gasteiger partial charge in [-0.25, -0.2) is 0 Å². The Hall–Kier alpha value is -1.06. The summed E-state index contributed by atoms with van der Waals surface area (Å²) in [5.41, 5.74) is 0. The minimum Gasteiger partial charge on any atom is -0.481 e. The molecule has 2 aliphatic rings. The molecule has 0 aromatic heterocycles. The SMILES string of the molecule is CCC1CC(C(=O)O)C(C(=O)N2CCCC2CC)C1. The Kier molecular flexibility index (Phi) is 4.48. The van der Waals surface area contributed by atoms with Crippen LogP contribution in [0.4, 0.5) is 0 Å². The van der Waals surface area contributed by atoms with Crippen LogP contribution in [0.3, 0.4) is 0 Å². The lowest BCUT2D eigenvalue weighted by atomic mass is 9.94. The summed E-state index contributed by atoms with van der Waals surface area (Å²) in [6.07, 6.45) is 5.53. The summed E-state index contributed by atoms with van der Waals surface area (Å²) in [4.78, 5) is 26.0. The van der Waals surface area contributed by atoms with Crippen molar-refractivity contribution in [2.75, 3.05) is 6.54 Å². The van der Waals surface area contributed by atoms with E-state index in [1.165, 1.54) is 0 Å². The van der Waals surface area contributed by atoms with E-state index in [0.29, 0.717) is 18.4 Å². The highest BCUT2D eigenvalue weighted by Crippen LogP contribution is 2.40. The van der Waals surface area contributed by atoms with Gasteiger partial charge in [0, 0.05) is 12.6 Å². The fraction of sp³-hybridized carbons (Fsp3) is 0.867. The highest BCUT2D eigenvalue weighted by atomic mass is 16.4. The van der Waals surface area contributed by atoms with Crippen molar-refractivity contribution in [3.05, 3.63) is 0 Å². The Labute approximate surface area is 115 Å². The second kappa shape index (κ2) is 5.93. The Morgan fingerprint density at radius 1 is 1.16 bits per heavy atom. The third-order valence-electron chi connectivity index (χ3n) is 5.00. The molecule has 4 heteroatoms. The number of nitrogens with zero attached hydrogens (tertiary/aromatic N) is 1. The van der Waals surface area contributed by atoms with Crippen molar-refractivity contribution in [3.63, 3.8) is 0 Å². The van der Waals surface area contributed by atoms with E-state index in [0.717, 1.165) is 38.6 Å². The molecule has 1 saturated heterocycles. The van der Waals surface area contributed by atoms with E-state index >= 15 is 0 Å². The van der Waals surface area contributed by atoms with Crippen LogP contribution in [-0.2, 0) is 9.59 Å². The van der Waals surface area contributed by atoms with E-state index in [-0.39, 0.29) is 11.8 Å². The lowest BCUT2D eigenvalue weighted by molar-refractivity contribution is -0.149. The first-order valence-electron chi connectivity index (χ1n) is 7.61. The van der Waals surface area contributed by atoms with E-state index in [1.807, 2.05) is 4.90 Å². The standard InChI is InChI=1S/C15H25NO3/c1-3-10-8-12(13(9-10)15(18)19)14(17)16-7-5-6-11(16)4-2/h10-13H,3-9H2,1-2H3,(H,18,19). The molecule has 2 fully saturated rings. The average Bonchev–Trinajstić information content (AvgIpc) is 3.03. The summed E-state index contributed by atoms with van der Waals surface area (Å²) in [6, 6.07) is 0.336. The fourth-order valence-corrected chi connectivity index (χ4v) is 3.79. The molecule has 2 rings (SSSR count). The van der Waals surface area contributed by atoms with Crippen molar-refractivity contribution in [1.82, 2.24) is 4.90 Å². The van der Waals surface area contributed by atoms with Crippen LogP contribution in [0.25, 0.3) is 0 Å². The highest BCUT2D eigenvalue weighted by molar-refractivity contribution is 5.85. The van der Waals surface area contributed by atoms with Gasteiger partial charge in [-0.2, -0.15) is 0 Å².